The Kier molecular flexibility index (Phi) is 3.57. The Morgan fingerprint density at radius 3 is 2.47 bits per heavy atom. The number of ether oxygens (including phenoxy) is 1. The van der Waals surface area contributed by atoms with Crippen LogP contribution < -0.4 is 0 Å². The van der Waals surface area contributed by atoms with Gasteiger partial charge in [0.2, 0.25) is 0 Å². The Labute approximate surface area is 101 Å². The molecule has 1 fully saturated rings. The molecule has 1 aliphatic carbocycles. The van der Waals surface area contributed by atoms with Crippen LogP contribution in [0, 0.1) is 11.8 Å². The summed E-state index contributed by atoms with van der Waals surface area (Å²) in [5.41, 5.74) is 0.943. The number of benzene rings is 1. The Morgan fingerprint density at radius 1 is 1.29 bits per heavy atom. The average molecular weight is 232 g/mol. The van der Waals surface area contributed by atoms with E-state index in [4.69, 9.17) is 4.74 Å². The zero-order valence-corrected chi connectivity index (χ0v) is 9.89. The highest BCUT2D eigenvalue weighted by Gasteiger charge is 2.40. The first-order valence-electron chi connectivity index (χ1n) is 5.89. The van der Waals surface area contributed by atoms with Crippen LogP contribution in [0.25, 0.3) is 0 Å². The van der Waals surface area contributed by atoms with E-state index in [9.17, 15) is 9.59 Å². The van der Waals surface area contributed by atoms with Crippen molar-refractivity contribution in [2.45, 2.75) is 26.4 Å². The van der Waals surface area contributed by atoms with Gasteiger partial charge >= 0.3 is 5.97 Å². The number of rotatable bonds is 5. The molecule has 90 valence electrons. The number of hydrogen-bond acceptors (Lipinski definition) is 3. The van der Waals surface area contributed by atoms with Gasteiger partial charge in [-0.2, -0.15) is 0 Å². The van der Waals surface area contributed by atoms with Gasteiger partial charge in [0.15, 0.2) is 0 Å². The number of esters is 1. The van der Waals surface area contributed by atoms with E-state index < -0.39 is 5.92 Å². The molecule has 0 unspecified atom stereocenters. The predicted molar refractivity (Wildman–Crippen MR) is 63.1 cm³/mol. The fraction of sp³-hybridized carbons (Fsp3) is 0.429. The quantitative estimate of drug-likeness (QED) is 0.578. The third-order valence-electron chi connectivity index (χ3n) is 3.01. The summed E-state index contributed by atoms with van der Waals surface area (Å²) >= 11 is 0. The number of ketones is 1. The molecule has 1 saturated carbocycles. The molecule has 3 nitrogen and oxygen atoms in total. The molecule has 3 heteroatoms. The van der Waals surface area contributed by atoms with Crippen LogP contribution in [0.4, 0.5) is 0 Å². The van der Waals surface area contributed by atoms with E-state index in [2.05, 4.69) is 0 Å². The van der Waals surface area contributed by atoms with Gasteiger partial charge in [-0.3, -0.25) is 9.59 Å². The number of carbonyl (C=O) groups excluding carboxylic acids is 2. The Bertz CT molecular complexity index is 407. The van der Waals surface area contributed by atoms with E-state index in [0.29, 0.717) is 0 Å². The second-order valence-electron chi connectivity index (χ2n) is 4.52. The normalized spacial score (nSPS) is 16.3. The molecule has 0 spiro atoms. The fourth-order valence-corrected chi connectivity index (χ4v) is 1.94. The van der Waals surface area contributed by atoms with Crippen molar-refractivity contribution >= 4 is 11.8 Å². The smallest absolute Gasteiger partial charge is 0.317 e. The minimum atomic E-state index is -0.543. The number of carbonyl (C=O) groups is 2. The van der Waals surface area contributed by atoms with Crippen LogP contribution in [-0.4, -0.2) is 11.8 Å². The third-order valence-corrected chi connectivity index (χ3v) is 3.01. The summed E-state index contributed by atoms with van der Waals surface area (Å²) < 4.78 is 5.19. The standard InChI is InChI=1S/C14H16O3/c1-10(15)13(12-7-8-12)14(16)17-9-11-5-3-2-4-6-11/h2-6,12-13H,7-9H2,1H3/t13-/m1/s1. The van der Waals surface area contributed by atoms with E-state index >= 15 is 0 Å². The Hall–Kier alpha value is -1.64. The molecule has 1 atom stereocenters. The number of hydrogen-bond donors (Lipinski definition) is 0. The van der Waals surface area contributed by atoms with Gasteiger partial charge in [-0.05, 0) is 31.2 Å². The van der Waals surface area contributed by atoms with Crippen LogP contribution in [0.5, 0.6) is 0 Å². The first-order chi connectivity index (χ1) is 8.18. The highest BCUT2D eigenvalue weighted by molar-refractivity contribution is 5.98. The molecular weight excluding hydrogens is 216 g/mol. The van der Waals surface area contributed by atoms with Gasteiger partial charge in [0, 0.05) is 0 Å². The lowest BCUT2D eigenvalue weighted by atomic mass is 10.00. The summed E-state index contributed by atoms with van der Waals surface area (Å²) in [5, 5.41) is 0. The van der Waals surface area contributed by atoms with E-state index in [1.807, 2.05) is 30.3 Å². The molecule has 2 rings (SSSR count). The summed E-state index contributed by atoms with van der Waals surface area (Å²) in [6.45, 7) is 1.71. The highest BCUT2D eigenvalue weighted by Crippen LogP contribution is 2.38. The summed E-state index contributed by atoms with van der Waals surface area (Å²) in [5.74, 6) is -0.774. The molecule has 1 aromatic carbocycles. The van der Waals surface area contributed by atoms with Crippen molar-refractivity contribution in [3.8, 4) is 0 Å². The van der Waals surface area contributed by atoms with E-state index in [0.717, 1.165) is 18.4 Å². The fourth-order valence-electron chi connectivity index (χ4n) is 1.94. The van der Waals surface area contributed by atoms with Gasteiger partial charge < -0.3 is 4.74 Å². The molecular formula is C14H16O3. The molecule has 1 aromatic rings. The zero-order valence-electron chi connectivity index (χ0n) is 9.89. The topological polar surface area (TPSA) is 43.4 Å². The zero-order chi connectivity index (χ0) is 12.3. The molecule has 0 aromatic heterocycles. The van der Waals surface area contributed by atoms with Gasteiger partial charge in [0.25, 0.3) is 0 Å². The molecule has 17 heavy (non-hydrogen) atoms. The van der Waals surface area contributed by atoms with Crippen LogP contribution >= 0.6 is 0 Å². The van der Waals surface area contributed by atoms with Crippen molar-refractivity contribution < 1.29 is 14.3 Å². The van der Waals surface area contributed by atoms with Crippen molar-refractivity contribution in [1.82, 2.24) is 0 Å². The van der Waals surface area contributed by atoms with E-state index in [1.54, 1.807) is 0 Å². The maximum Gasteiger partial charge on any atom is 0.317 e. The maximum absolute atomic E-state index is 11.8. The van der Waals surface area contributed by atoms with Gasteiger partial charge in [-0.15, -0.1) is 0 Å². The highest BCUT2D eigenvalue weighted by atomic mass is 16.5. The summed E-state index contributed by atoms with van der Waals surface area (Å²) in [4.78, 5) is 23.2. The van der Waals surface area contributed by atoms with Crippen LogP contribution in [-0.2, 0) is 20.9 Å². The summed E-state index contributed by atoms with van der Waals surface area (Å²) in [6, 6.07) is 9.49. The van der Waals surface area contributed by atoms with E-state index in [1.165, 1.54) is 6.92 Å². The molecule has 1 aliphatic rings. The second kappa shape index (κ2) is 5.13. The molecule has 0 saturated heterocycles. The molecule has 0 N–H and O–H groups in total. The van der Waals surface area contributed by atoms with Crippen molar-refractivity contribution in [3.63, 3.8) is 0 Å². The number of Topliss-reactive ketones (excluding diaryl/α,β-unsaturated/α-hetero) is 1. The molecule has 0 amide bonds. The minimum Gasteiger partial charge on any atom is -0.460 e. The van der Waals surface area contributed by atoms with Crippen molar-refractivity contribution in [2.75, 3.05) is 0 Å². The Morgan fingerprint density at radius 2 is 1.94 bits per heavy atom. The van der Waals surface area contributed by atoms with Crippen molar-refractivity contribution in [1.29, 1.82) is 0 Å². The van der Waals surface area contributed by atoms with Crippen LogP contribution in [0.15, 0.2) is 30.3 Å². The molecule has 0 aliphatic heterocycles. The van der Waals surface area contributed by atoms with Gasteiger partial charge in [0.05, 0.1) is 0 Å². The van der Waals surface area contributed by atoms with Gasteiger partial charge in [-0.1, -0.05) is 30.3 Å². The predicted octanol–water partition coefficient (Wildman–Crippen LogP) is 2.35. The van der Waals surface area contributed by atoms with Gasteiger partial charge in [-0.25, -0.2) is 0 Å². The Balaban J connectivity index is 1.90. The lowest BCUT2D eigenvalue weighted by molar-refractivity contribution is -0.153. The second-order valence-corrected chi connectivity index (χ2v) is 4.52. The lowest BCUT2D eigenvalue weighted by Crippen LogP contribution is -2.26. The molecule has 0 bridgehead atoms. The lowest BCUT2D eigenvalue weighted by Gasteiger charge is -2.12. The average Bonchev–Trinajstić information content (AvgIpc) is 3.12. The van der Waals surface area contributed by atoms with Crippen LogP contribution in [0.3, 0.4) is 0 Å². The monoisotopic (exact) mass is 232 g/mol. The third kappa shape index (κ3) is 3.16. The summed E-state index contributed by atoms with van der Waals surface area (Å²) in [6.07, 6.45) is 1.93. The molecule has 0 heterocycles. The molecule has 0 radical (unpaired) electrons. The SMILES string of the molecule is CC(=O)[C@@H](C(=O)OCc1ccccc1)C1CC1. The largest absolute Gasteiger partial charge is 0.460 e. The maximum atomic E-state index is 11.8. The van der Waals surface area contributed by atoms with Crippen molar-refractivity contribution in [2.24, 2.45) is 11.8 Å². The summed E-state index contributed by atoms with van der Waals surface area (Å²) in [7, 11) is 0. The van der Waals surface area contributed by atoms with Crippen molar-refractivity contribution in [3.05, 3.63) is 35.9 Å². The van der Waals surface area contributed by atoms with Crippen LogP contribution in [0.2, 0.25) is 0 Å². The van der Waals surface area contributed by atoms with Crippen LogP contribution in [0.1, 0.15) is 25.3 Å². The van der Waals surface area contributed by atoms with Gasteiger partial charge in [0.1, 0.15) is 18.3 Å². The first-order valence-corrected chi connectivity index (χ1v) is 5.89. The minimum absolute atomic E-state index is 0.0782. The van der Waals surface area contributed by atoms with E-state index in [-0.39, 0.29) is 24.3 Å². The first kappa shape index (κ1) is 11.8.